The average molecular weight is 590 g/mol. The minimum Gasteiger partial charge on any atom is -0.493 e. The van der Waals surface area contributed by atoms with Crippen molar-refractivity contribution in [3.63, 3.8) is 0 Å². The topological polar surface area (TPSA) is 90.9 Å². The first kappa shape index (κ1) is 29.2. The van der Waals surface area contributed by atoms with Crippen LogP contribution in [0.1, 0.15) is 58.6 Å². The van der Waals surface area contributed by atoms with Gasteiger partial charge in [-0.2, -0.15) is 0 Å². The van der Waals surface area contributed by atoms with Gasteiger partial charge in [0.25, 0.3) is 0 Å². The molecule has 0 fully saturated rings. The number of hydrogen-bond acceptors (Lipinski definition) is 7. The van der Waals surface area contributed by atoms with Crippen molar-refractivity contribution in [2.75, 3.05) is 19.5 Å². The quantitative estimate of drug-likeness (QED) is 0.151. The number of carbonyl (C=O) groups is 3. The summed E-state index contributed by atoms with van der Waals surface area (Å²) in [6, 6.07) is 21.7. The van der Waals surface area contributed by atoms with Crippen molar-refractivity contribution in [1.82, 2.24) is 0 Å². The van der Waals surface area contributed by atoms with Gasteiger partial charge in [-0.05, 0) is 84.0 Å². The van der Waals surface area contributed by atoms with Crippen molar-refractivity contribution in [1.29, 1.82) is 0 Å². The molecule has 0 bridgehead atoms. The summed E-state index contributed by atoms with van der Waals surface area (Å²) in [6.45, 7) is 7.45. The van der Waals surface area contributed by atoms with Gasteiger partial charge in [0.2, 0.25) is 0 Å². The van der Waals surface area contributed by atoms with E-state index in [1.165, 1.54) is 21.1 Å². The van der Waals surface area contributed by atoms with Crippen molar-refractivity contribution in [3.05, 3.63) is 111 Å². The molecule has 4 aromatic carbocycles. The third kappa shape index (κ3) is 4.82. The largest absolute Gasteiger partial charge is 0.493 e. The van der Waals surface area contributed by atoms with Crippen LogP contribution in [0.4, 0.5) is 5.69 Å². The maximum Gasteiger partial charge on any atom is 0.317 e. The third-order valence-electron chi connectivity index (χ3n) is 8.87. The SMILES string of the molecule is COC(=O)C1C(=O)C2=C(CC1c1c(C)cc(C)cc1C)Nc1ccc3ccccc3c1C2c1ccc(OC(C)=O)c(OC)c1. The summed E-state index contributed by atoms with van der Waals surface area (Å²) < 4.78 is 16.3. The number of allylic oxidation sites excluding steroid dienone is 2. The molecule has 1 aliphatic carbocycles. The summed E-state index contributed by atoms with van der Waals surface area (Å²) in [6.07, 6.45) is 0.455. The number of fused-ring (bicyclic) bond motifs is 3. The van der Waals surface area contributed by atoms with Crippen LogP contribution in [0, 0.1) is 26.7 Å². The van der Waals surface area contributed by atoms with Gasteiger partial charge in [-0.3, -0.25) is 14.4 Å². The Balaban J connectivity index is 1.61. The number of nitrogens with one attached hydrogen (secondary N) is 1. The van der Waals surface area contributed by atoms with E-state index in [0.29, 0.717) is 17.7 Å². The second kappa shape index (κ2) is 11.3. The molecule has 0 amide bonds. The number of esters is 2. The molecule has 0 radical (unpaired) electrons. The van der Waals surface area contributed by atoms with Gasteiger partial charge in [0.05, 0.1) is 14.2 Å². The highest BCUT2D eigenvalue weighted by atomic mass is 16.6. The molecule has 0 spiro atoms. The third-order valence-corrected chi connectivity index (χ3v) is 8.87. The molecule has 3 atom stereocenters. The van der Waals surface area contributed by atoms with Gasteiger partial charge in [0, 0.05) is 35.7 Å². The van der Waals surface area contributed by atoms with Crippen molar-refractivity contribution < 1.29 is 28.6 Å². The van der Waals surface area contributed by atoms with E-state index in [9.17, 15) is 14.4 Å². The summed E-state index contributed by atoms with van der Waals surface area (Å²) in [4.78, 5) is 40.1. The number of aryl methyl sites for hydroxylation is 3. The Morgan fingerprint density at radius 3 is 2.27 bits per heavy atom. The highest BCUT2D eigenvalue weighted by molar-refractivity contribution is 6.13. The number of ether oxygens (including phenoxy) is 3. The maximum atomic E-state index is 14.8. The number of hydrogen-bond donors (Lipinski definition) is 1. The Morgan fingerprint density at radius 1 is 0.864 bits per heavy atom. The van der Waals surface area contributed by atoms with Gasteiger partial charge in [-0.25, -0.2) is 0 Å². The molecule has 1 heterocycles. The van der Waals surface area contributed by atoms with Crippen LogP contribution in [-0.2, 0) is 19.1 Å². The van der Waals surface area contributed by atoms with Crippen molar-refractivity contribution in [3.8, 4) is 11.5 Å². The number of rotatable bonds is 5. The van der Waals surface area contributed by atoms with Crippen LogP contribution >= 0.6 is 0 Å². The highest BCUT2D eigenvalue weighted by Crippen LogP contribution is 2.53. The van der Waals surface area contributed by atoms with Crippen LogP contribution in [0.2, 0.25) is 0 Å². The Morgan fingerprint density at radius 2 is 1.59 bits per heavy atom. The summed E-state index contributed by atoms with van der Waals surface area (Å²) in [5.74, 6) is -2.54. The van der Waals surface area contributed by atoms with E-state index < -0.39 is 29.7 Å². The lowest BCUT2D eigenvalue weighted by molar-refractivity contribution is -0.150. The zero-order valence-corrected chi connectivity index (χ0v) is 25.7. The van der Waals surface area contributed by atoms with Crippen LogP contribution < -0.4 is 14.8 Å². The van der Waals surface area contributed by atoms with E-state index in [1.54, 1.807) is 6.07 Å². The predicted octanol–water partition coefficient (Wildman–Crippen LogP) is 7.06. The second-order valence-corrected chi connectivity index (χ2v) is 11.7. The molecule has 224 valence electrons. The number of methoxy groups -OCH3 is 2. The standard InChI is InChI=1S/C37H35NO6/c1-19-15-20(2)31(21(3)16-19)26-18-28-35(36(40)34(26)37(41)43-6)32(24-12-14-29(44-22(4)39)30(17-24)42-5)33-25-10-8-7-9-23(25)11-13-27(33)38-28/h7-17,26,32,34,38H,18H2,1-6H3. The zero-order chi connectivity index (χ0) is 31.3. The molecule has 0 aromatic heterocycles. The molecular formula is C37H35NO6. The van der Waals surface area contributed by atoms with Gasteiger partial charge in [-0.1, -0.05) is 54.1 Å². The lowest BCUT2D eigenvalue weighted by Crippen LogP contribution is -2.41. The number of ketones is 1. The number of benzene rings is 4. The van der Waals surface area contributed by atoms with Crippen molar-refractivity contribution in [2.24, 2.45) is 5.92 Å². The minimum absolute atomic E-state index is 0.262. The average Bonchev–Trinajstić information content (AvgIpc) is 2.99. The second-order valence-electron chi connectivity index (χ2n) is 11.7. The van der Waals surface area contributed by atoms with E-state index in [4.69, 9.17) is 14.2 Å². The summed E-state index contributed by atoms with van der Waals surface area (Å²) in [7, 11) is 2.85. The first-order valence-electron chi connectivity index (χ1n) is 14.7. The smallest absolute Gasteiger partial charge is 0.317 e. The summed E-state index contributed by atoms with van der Waals surface area (Å²) >= 11 is 0. The highest BCUT2D eigenvalue weighted by Gasteiger charge is 2.48. The molecule has 7 nitrogen and oxygen atoms in total. The van der Waals surface area contributed by atoms with Crippen molar-refractivity contribution in [2.45, 2.75) is 46.0 Å². The fraction of sp³-hybridized carbons (Fsp3) is 0.270. The molecule has 1 N–H and O–H groups in total. The molecule has 0 saturated heterocycles. The monoisotopic (exact) mass is 589 g/mol. The molecule has 3 unspecified atom stereocenters. The summed E-state index contributed by atoms with van der Waals surface area (Å²) in [5.41, 5.74) is 8.15. The Labute approximate surface area is 256 Å². The molecule has 2 aliphatic rings. The minimum atomic E-state index is -1.01. The lowest BCUT2D eigenvalue weighted by atomic mass is 9.65. The van der Waals surface area contributed by atoms with E-state index in [-0.39, 0.29) is 11.5 Å². The van der Waals surface area contributed by atoms with Gasteiger partial charge in [-0.15, -0.1) is 0 Å². The lowest BCUT2D eigenvalue weighted by Gasteiger charge is -2.40. The van der Waals surface area contributed by atoms with E-state index >= 15 is 0 Å². The number of anilines is 1. The molecule has 44 heavy (non-hydrogen) atoms. The van der Waals surface area contributed by atoms with Crippen LogP contribution in [0.3, 0.4) is 0 Å². The van der Waals surface area contributed by atoms with Gasteiger partial charge < -0.3 is 19.5 Å². The van der Waals surface area contributed by atoms with Crippen LogP contribution in [-0.4, -0.2) is 31.9 Å². The zero-order valence-electron chi connectivity index (χ0n) is 25.7. The van der Waals surface area contributed by atoms with E-state index in [2.05, 4.69) is 23.5 Å². The normalized spacial score (nSPS) is 19.1. The number of Topliss-reactive ketones (excluding diaryl/α,β-unsaturated/α-hetero) is 1. The molecule has 1 aliphatic heterocycles. The summed E-state index contributed by atoms with van der Waals surface area (Å²) in [5, 5.41) is 5.64. The number of carbonyl (C=O) groups excluding carboxylic acids is 3. The predicted molar refractivity (Wildman–Crippen MR) is 169 cm³/mol. The molecule has 4 aromatic rings. The maximum absolute atomic E-state index is 14.8. The first-order chi connectivity index (χ1) is 21.1. The fourth-order valence-electron chi connectivity index (χ4n) is 7.28. The Bertz CT molecular complexity index is 1860. The van der Waals surface area contributed by atoms with Crippen molar-refractivity contribution >= 4 is 34.2 Å². The Hall–Kier alpha value is -4.91. The molecule has 0 saturated carbocycles. The van der Waals surface area contributed by atoms with E-state index in [0.717, 1.165) is 55.5 Å². The van der Waals surface area contributed by atoms with Gasteiger partial charge in [0.1, 0.15) is 5.92 Å². The molecule has 6 rings (SSSR count). The fourth-order valence-corrected chi connectivity index (χ4v) is 7.28. The van der Waals surface area contributed by atoms with Crippen LogP contribution in [0.5, 0.6) is 11.5 Å². The Kier molecular flexibility index (Phi) is 7.49. The first-order valence-corrected chi connectivity index (χ1v) is 14.7. The van der Waals surface area contributed by atoms with Gasteiger partial charge in [0.15, 0.2) is 17.3 Å². The van der Waals surface area contributed by atoms with Crippen LogP contribution in [0.15, 0.2) is 78.0 Å². The molecular weight excluding hydrogens is 554 g/mol. The van der Waals surface area contributed by atoms with Gasteiger partial charge >= 0.3 is 11.9 Å². The van der Waals surface area contributed by atoms with Crippen LogP contribution in [0.25, 0.3) is 10.8 Å². The molecule has 7 heteroatoms. The van der Waals surface area contributed by atoms with E-state index in [1.807, 2.05) is 63.2 Å².